The van der Waals surface area contributed by atoms with Crippen molar-refractivity contribution in [3.63, 3.8) is 0 Å². The van der Waals surface area contributed by atoms with Gasteiger partial charge in [0.2, 0.25) is 0 Å². The average Bonchev–Trinajstić information content (AvgIpc) is 2.83. The van der Waals surface area contributed by atoms with Crippen LogP contribution in [0.3, 0.4) is 0 Å². The molecule has 0 N–H and O–H groups in total. The molecule has 0 amide bonds. The lowest BCUT2D eigenvalue weighted by Gasteiger charge is -2.39. The van der Waals surface area contributed by atoms with E-state index in [9.17, 15) is 13.2 Å². The maximum absolute atomic E-state index is 13.9. The van der Waals surface area contributed by atoms with Gasteiger partial charge in [-0.2, -0.15) is 0 Å². The molecule has 1 aliphatic rings. The van der Waals surface area contributed by atoms with Gasteiger partial charge in [0.25, 0.3) is 10.0 Å². The standard InChI is InChI=1S/C26H27N2O4S/c1-3-32-24-12-14-25(15-13-24)33(30,31)28(23-10-8-20(2)9-11-23)26(19-29)27-17-16-21-6-4-5-7-22(21)18-27/h4-15,17,19,26H,3,16,18H2,1-2H3. The van der Waals surface area contributed by atoms with Crippen molar-refractivity contribution < 1.29 is 17.9 Å². The lowest BCUT2D eigenvalue weighted by atomic mass is 9.99. The Kier molecular flexibility index (Phi) is 6.81. The fourth-order valence-corrected chi connectivity index (χ4v) is 5.53. The van der Waals surface area contributed by atoms with Crippen molar-refractivity contribution in [1.29, 1.82) is 0 Å². The van der Waals surface area contributed by atoms with Crippen LogP contribution < -0.4 is 9.04 Å². The highest BCUT2D eigenvalue weighted by atomic mass is 32.2. The SMILES string of the molecule is CCOc1ccc(S(=O)(=O)N(c2ccc(C)cc2)C(C=O)N2[CH]Cc3ccccc3C2)cc1. The Hall–Kier alpha value is -3.16. The van der Waals surface area contributed by atoms with E-state index in [1.165, 1.54) is 22.0 Å². The van der Waals surface area contributed by atoms with E-state index in [0.29, 0.717) is 37.3 Å². The number of hydrogen-bond acceptors (Lipinski definition) is 5. The second-order valence-electron chi connectivity index (χ2n) is 7.92. The number of carbonyl (C=O) groups is 1. The molecule has 171 valence electrons. The molecular weight excluding hydrogens is 436 g/mol. The van der Waals surface area contributed by atoms with Crippen LogP contribution in [0.2, 0.25) is 0 Å². The van der Waals surface area contributed by atoms with Gasteiger partial charge < -0.3 is 4.74 Å². The molecule has 3 aromatic carbocycles. The monoisotopic (exact) mass is 463 g/mol. The normalized spacial score (nSPS) is 14.8. The summed E-state index contributed by atoms with van der Waals surface area (Å²) in [5, 5.41) is 0. The minimum absolute atomic E-state index is 0.0933. The number of carbonyl (C=O) groups excluding carboxylic acids is 1. The molecule has 0 saturated heterocycles. The van der Waals surface area contributed by atoms with Crippen LogP contribution in [0.15, 0.2) is 77.7 Å². The van der Waals surface area contributed by atoms with Gasteiger partial charge in [0.15, 0.2) is 12.5 Å². The average molecular weight is 464 g/mol. The fourth-order valence-electron chi connectivity index (χ4n) is 3.97. The Morgan fingerprint density at radius 3 is 2.30 bits per heavy atom. The van der Waals surface area contributed by atoms with Crippen molar-refractivity contribution in [3.05, 3.63) is 96.0 Å². The molecule has 0 bridgehead atoms. The highest BCUT2D eigenvalue weighted by Gasteiger charge is 2.36. The number of sulfonamides is 1. The number of rotatable bonds is 8. The van der Waals surface area contributed by atoms with E-state index < -0.39 is 16.2 Å². The van der Waals surface area contributed by atoms with Gasteiger partial charge in [-0.05, 0) is 67.8 Å². The summed E-state index contributed by atoms with van der Waals surface area (Å²) < 4.78 is 34.4. The molecule has 6 nitrogen and oxygen atoms in total. The largest absolute Gasteiger partial charge is 0.494 e. The van der Waals surface area contributed by atoms with Crippen molar-refractivity contribution in [2.75, 3.05) is 10.9 Å². The molecule has 1 atom stereocenters. The number of hydrogen-bond donors (Lipinski definition) is 0. The van der Waals surface area contributed by atoms with E-state index >= 15 is 0 Å². The van der Waals surface area contributed by atoms with E-state index in [2.05, 4.69) is 0 Å². The molecule has 1 radical (unpaired) electrons. The summed E-state index contributed by atoms with van der Waals surface area (Å²) in [6.45, 7) is 6.63. The van der Waals surface area contributed by atoms with Gasteiger partial charge in [0, 0.05) is 13.1 Å². The van der Waals surface area contributed by atoms with Crippen LogP contribution in [0, 0.1) is 13.5 Å². The Labute approximate surface area is 195 Å². The molecule has 1 aliphatic heterocycles. The van der Waals surface area contributed by atoms with E-state index in [4.69, 9.17) is 4.74 Å². The zero-order chi connectivity index (χ0) is 23.4. The topological polar surface area (TPSA) is 66.9 Å². The molecule has 0 spiro atoms. The van der Waals surface area contributed by atoms with Crippen molar-refractivity contribution >= 4 is 22.0 Å². The molecule has 1 unspecified atom stereocenters. The van der Waals surface area contributed by atoms with Crippen molar-refractivity contribution in [3.8, 4) is 5.75 Å². The zero-order valence-electron chi connectivity index (χ0n) is 18.7. The third-order valence-electron chi connectivity index (χ3n) is 5.70. The van der Waals surface area contributed by atoms with Gasteiger partial charge in [-0.3, -0.25) is 9.69 Å². The van der Waals surface area contributed by atoms with Crippen LogP contribution in [-0.2, 0) is 27.8 Å². The highest BCUT2D eigenvalue weighted by Crippen LogP contribution is 2.31. The smallest absolute Gasteiger partial charge is 0.266 e. The quantitative estimate of drug-likeness (QED) is 0.465. The first kappa shape index (κ1) is 23.0. The second-order valence-corrected chi connectivity index (χ2v) is 9.73. The highest BCUT2D eigenvalue weighted by molar-refractivity contribution is 7.92. The van der Waals surface area contributed by atoms with E-state index in [-0.39, 0.29) is 4.90 Å². The van der Waals surface area contributed by atoms with Crippen LogP contribution in [0.5, 0.6) is 5.75 Å². The van der Waals surface area contributed by atoms with Gasteiger partial charge >= 0.3 is 0 Å². The summed E-state index contributed by atoms with van der Waals surface area (Å²) in [5.74, 6) is 0.589. The molecule has 4 rings (SSSR count). The number of fused-ring (bicyclic) bond motifs is 1. The Bertz CT molecular complexity index is 1210. The van der Waals surface area contributed by atoms with Crippen molar-refractivity contribution in [2.24, 2.45) is 0 Å². The minimum atomic E-state index is -4.05. The molecule has 33 heavy (non-hydrogen) atoms. The van der Waals surface area contributed by atoms with Crippen LogP contribution in [0.25, 0.3) is 0 Å². The first-order valence-corrected chi connectivity index (χ1v) is 12.3. The number of benzene rings is 3. The van der Waals surface area contributed by atoms with Gasteiger partial charge in [-0.15, -0.1) is 0 Å². The van der Waals surface area contributed by atoms with E-state index in [0.717, 1.165) is 11.1 Å². The molecule has 0 saturated carbocycles. The molecule has 0 aromatic heterocycles. The molecule has 3 aromatic rings. The summed E-state index contributed by atoms with van der Waals surface area (Å²) >= 11 is 0. The lowest BCUT2D eigenvalue weighted by molar-refractivity contribution is -0.111. The van der Waals surface area contributed by atoms with Gasteiger partial charge in [-0.1, -0.05) is 42.0 Å². The van der Waals surface area contributed by atoms with Crippen LogP contribution in [-0.4, -0.2) is 32.4 Å². The zero-order valence-corrected chi connectivity index (χ0v) is 19.5. The van der Waals surface area contributed by atoms with Gasteiger partial charge in [0.05, 0.1) is 17.2 Å². The number of ether oxygens (including phenoxy) is 1. The Balaban J connectivity index is 1.75. The maximum Gasteiger partial charge on any atom is 0.266 e. The third kappa shape index (κ3) is 4.79. The number of aryl methyl sites for hydroxylation is 1. The van der Waals surface area contributed by atoms with Gasteiger partial charge in [-0.25, -0.2) is 12.7 Å². The number of nitrogens with zero attached hydrogens (tertiary/aromatic N) is 2. The second kappa shape index (κ2) is 9.77. The van der Waals surface area contributed by atoms with E-state index in [1.807, 2.05) is 56.8 Å². The number of anilines is 1. The summed E-state index contributed by atoms with van der Waals surface area (Å²) in [5.41, 5.74) is 3.68. The van der Waals surface area contributed by atoms with Crippen molar-refractivity contribution in [1.82, 2.24) is 4.90 Å². The molecule has 1 heterocycles. The van der Waals surface area contributed by atoms with Crippen LogP contribution in [0.4, 0.5) is 5.69 Å². The molecule has 0 aliphatic carbocycles. The third-order valence-corrected chi connectivity index (χ3v) is 7.51. The molecule has 0 fully saturated rings. The summed E-state index contributed by atoms with van der Waals surface area (Å²) in [6, 6.07) is 21.4. The summed E-state index contributed by atoms with van der Waals surface area (Å²) in [6.07, 6.45) is 0.291. The lowest BCUT2D eigenvalue weighted by Crippen LogP contribution is -2.52. The first-order chi connectivity index (χ1) is 15.9. The first-order valence-electron chi connectivity index (χ1n) is 10.9. The summed E-state index contributed by atoms with van der Waals surface area (Å²) in [4.78, 5) is 14.3. The predicted octanol–water partition coefficient (Wildman–Crippen LogP) is 4.33. The Morgan fingerprint density at radius 2 is 1.67 bits per heavy atom. The minimum Gasteiger partial charge on any atom is -0.494 e. The molecule has 7 heteroatoms. The van der Waals surface area contributed by atoms with Gasteiger partial charge in [0.1, 0.15) is 5.75 Å². The fraction of sp³-hybridized carbons (Fsp3) is 0.231. The van der Waals surface area contributed by atoms with E-state index in [1.54, 1.807) is 29.2 Å². The van der Waals surface area contributed by atoms with Crippen LogP contribution in [0.1, 0.15) is 23.6 Å². The predicted molar refractivity (Wildman–Crippen MR) is 128 cm³/mol. The van der Waals surface area contributed by atoms with Crippen molar-refractivity contribution in [2.45, 2.75) is 37.9 Å². The Morgan fingerprint density at radius 1 is 1.00 bits per heavy atom. The maximum atomic E-state index is 13.9. The number of aldehydes is 1. The molecular formula is C26H27N2O4S. The van der Waals surface area contributed by atoms with Crippen LogP contribution >= 0.6 is 0 Å². The summed E-state index contributed by atoms with van der Waals surface area (Å²) in [7, 11) is -4.05.